The summed E-state index contributed by atoms with van der Waals surface area (Å²) < 4.78 is 5.34. The van der Waals surface area contributed by atoms with E-state index < -0.39 is 0 Å². The van der Waals surface area contributed by atoms with E-state index in [-0.39, 0.29) is 5.41 Å². The summed E-state index contributed by atoms with van der Waals surface area (Å²) in [6.07, 6.45) is 0. The Kier molecular flexibility index (Phi) is 1.93. The van der Waals surface area contributed by atoms with Crippen molar-refractivity contribution in [3.63, 3.8) is 0 Å². The van der Waals surface area contributed by atoms with Crippen molar-refractivity contribution in [2.75, 3.05) is 0 Å². The Morgan fingerprint density at radius 2 is 2.00 bits per heavy atom. The van der Waals surface area contributed by atoms with E-state index in [1.54, 1.807) is 6.92 Å². The lowest BCUT2D eigenvalue weighted by atomic mass is 9.92. The van der Waals surface area contributed by atoms with Gasteiger partial charge in [-0.3, -0.25) is 0 Å². The van der Waals surface area contributed by atoms with Crippen molar-refractivity contribution >= 4 is 0 Å². The zero-order valence-corrected chi connectivity index (χ0v) is 7.80. The molecule has 0 saturated heterocycles. The molecule has 0 unspecified atom stereocenters. The van der Waals surface area contributed by atoms with Gasteiger partial charge in [0, 0.05) is 12.3 Å². The first-order chi connectivity index (χ1) is 5.45. The molecule has 0 aromatic carbocycles. The Balaban J connectivity index is 3.25. The predicted molar refractivity (Wildman–Crippen MR) is 44.7 cm³/mol. The van der Waals surface area contributed by atoms with E-state index >= 15 is 0 Å². The zero-order chi connectivity index (χ0) is 9.35. The zero-order valence-electron chi connectivity index (χ0n) is 7.80. The van der Waals surface area contributed by atoms with Crippen molar-refractivity contribution in [1.82, 2.24) is 4.98 Å². The molecule has 0 spiro atoms. The van der Waals surface area contributed by atoms with Gasteiger partial charge in [0.1, 0.15) is 11.8 Å². The summed E-state index contributed by atoms with van der Waals surface area (Å²) in [7, 11) is 0. The van der Waals surface area contributed by atoms with Crippen molar-refractivity contribution < 1.29 is 4.42 Å². The summed E-state index contributed by atoms with van der Waals surface area (Å²) in [5, 5.41) is 8.72. The molecule has 0 saturated carbocycles. The van der Waals surface area contributed by atoms with Crippen LogP contribution in [0.4, 0.5) is 0 Å². The number of hydrogen-bond acceptors (Lipinski definition) is 3. The fourth-order valence-electron chi connectivity index (χ4n) is 1.01. The molecule has 0 amide bonds. The van der Waals surface area contributed by atoms with Gasteiger partial charge >= 0.3 is 0 Å². The summed E-state index contributed by atoms with van der Waals surface area (Å²) in [5.41, 5.74) is 0.256. The van der Waals surface area contributed by atoms with E-state index in [0.717, 1.165) is 0 Å². The van der Waals surface area contributed by atoms with Gasteiger partial charge in [-0.1, -0.05) is 20.8 Å². The van der Waals surface area contributed by atoms with E-state index in [1.165, 1.54) is 0 Å². The minimum atomic E-state index is -0.147. The molecule has 0 aliphatic rings. The Morgan fingerprint density at radius 1 is 1.42 bits per heavy atom. The molecule has 0 fully saturated rings. The highest BCUT2D eigenvalue weighted by atomic mass is 16.4. The van der Waals surface area contributed by atoms with E-state index in [2.05, 4.69) is 4.98 Å². The molecule has 1 aromatic heterocycles. The largest absolute Gasteiger partial charge is 0.444 e. The summed E-state index contributed by atoms with van der Waals surface area (Å²) in [4.78, 5) is 3.97. The number of nitrogens with zero attached hydrogens (tertiary/aromatic N) is 2. The molecule has 3 nitrogen and oxygen atoms in total. The molecule has 1 rings (SSSR count). The number of aromatic nitrogens is 1. The fraction of sp³-hybridized carbons (Fsp3) is 0.556. The molecule has 0 aliphatic carbocycles. The highest BCUT2D eigenvalue weighted by Gasteiger charge is 2.23. The van der Waals surface area contributed by atoms with Crippen LogP contribution in [-0.2, 0) is 5.41 Å². The van der Waals surface area contributed by atoms with Crippen molar-refractivity contribution in [2.45, 2.75) is 33.1 Å². The SMILES string of the molecule is Cc1nc(C#N)c(C(C)(C)C)o1. The van der Waals surface area contributed by atoms with E-state index in [9.17, 15) is 0 Å². The second-order valence-electron chi connectivity index (χ2n) is 3.77. The van der Waals surface area contributed by atoms with Crippen LogP contribution < -0.4 is 0 Å². The van der Waals surface area contributed by atoms with E-state index in [1.807, 2.05) is 26.8 Å². The molecule has 1 heterocycles. The predicted octanol–water partition coefficient (Wildman–Crippen LogP) is 2.15. The summed E-state index contributed by atoms with van der Waals surface area (Å²) >= 11 is 0. The fourth-order valence-corrected chi connectivity index (χ4v) is 1.01. The van der Waals surface area contributed by atoms with Gasteiger partial charge in [-0.15, -0.1) is 0 Å². The standard InChI is InChI=1S/C9H12N2O/c1-6-11-7(5-10)8(12-6)9(2,3)4/h1-4H3. The minimum Gasteiger partial charge on any atom is -0.444 e. The van der Waals surface area contributed by atoms with Gasteiger partial charge < -0.3 is 4.42 Å². The van der Waals surface area contributed by atoms with Crippen molar-refractivity contribution in [1.29, 1.82) is 5.26 Å². The smallest absolute Gasteiger partial charge is 0.192 e. The maximum atomic E-state index is 8.72. The van der Waals surface area contributed by atoms with Gasteiger partial charge in [0.05, 0.1) is 0 Å². The van der Waals surface area contributed by atoms with Crippen LogP contribution in [0.1, 0.15) is 38.1 Å². The van der Waals surface area contributed by atoms with E-state index in [4.69, 9.17) is 9.68 Å². The Morgan fingerprint density at radius 3 is 2.33 bits per heavy atom. The number of oxazole rings is 1. The molecule has 0 aliphatic heterocycles. The Labute approximate surface area is 72.0 Å². The van der Waals surface area contributed by atoms with Crippen LogP contribution in [0, 0.1) is 18.3 Å². The number of hydrogen-bond donors (Lipinski definition) is 0. The van der Waals surface area contributed by atoms with E-state index in [0.29, 0.717) is 17.3 Å². The maximum Gasteiger partial charge on any atom is 0.192 e. The molecule has 0 bridgehead atoms. The normalized spacial score (nSPS) is 11.2. The van der Waals surface area contributed by atoms with Crippen molar-refractivity contribution in [2.24, 2.45) is 0 Å². The molecule has 64 valence electrons. The van der Waals surface area contributed by atoms with Gasteiger partial charge in [-0.25, -0.2) is 4.98 Å². The number of nitriles is 1. The summed E-state index contributed by atoms with van der Waals surface area (Å²) in [5.74, 6) is 1.22. The third-order valence-corrected chi connectivity index (χ3v) is 1.52. The maximum absolute atomic E-state index is 8.72. The number of aryl methyl sites for hydroxylation is 1. The molecule has 1 aromatic rings. The first kappa shape index (κ1) is 8.79. The molecule has 0 atom stereocenters. The van der Waals surface area contributed by atoms with Crippen LogP contribution in [-0.4, -0.2) is 4.98 Å². The van der Waals surface area contributed by atoms with Gasteiger partial charge in [0.2, 0.25) is 0 Å². The van der Waals surface area contributed by atoms with Crippen molar-refractivity contribution in [3.8, 4) is 6.07 Å². The van der Waals surface area contributed by atoms with Crippen LogP contribution >= 0.6 is 0 Å². The lowest BCUT2D eigenvalue weighted by molar-refractivity contribution is 0.391. The van der Waals surface area contributed by atoms with Gasteiger partial charge in [0.15, 0.2) is 11.6 Å². The van der Waals surface area contributed by atoms with Crippen LogP contribution in [0.15, 0.2) is 4.42 Å². The van der Waals surface area contributed by atoms with Crippen LogP contribution in [0.3, 0.4) is 0 Å². The second-order valence-corrected chi connectivity index (χ2v) is 3.77. The lowest BCUT2D eigenvalue weighted by Crippen LogP contribution is -2.11. The first-order valence-corrected chi connectivity index (χ1v) is 3.83. The third-order valence-electron chi connectivity index (χ3n) is 1.52. The van der Waals surface area contributed by atoms with Crippen LogP contribution in [0.5, 0.6) is 0 Å². The second kappa shape index (κ2) is 2.63. The van der Waals surface area contributed by atoms with Gasteiger partial charge in [-0.05, 0) is 0 Å². The molecule has 0 N–H and O–H groups in total. The Hall–Kier alpha value is -1.30. The first-order valence-electron chi connectivity index (χ1n) is 3.83. The molecule has 0 radical (unpaired) electrons. The molecular weight excluding hydrogens is 152 g/mol. The average molecular weight is 164 g/mol. The van der Waals surface area contributed by atoms with Crippen molar-refractivity contribution in [3.05, 3.63) is 17.3 Å². The quantitative estimate of drug-likeness (QED) is 0.590. The third kappa shape index (κ3) is 1.48. The number of rotatable bonds is 0. The monoisotopic (exact) mass is 164 g/mol. The summed E-state index contributed by atoms with van der Waals surface area (Å²) in [6, 6.07) is 2.02. The van der Waals surface area contributed by atoms with Gasteiger partial charge in [-0.2, -0.15) is 5.26 Å². The topological polar surface area (TPSA) is 49.8 Å². The average Bonchev–Trinajstić information content (AvgIpc) is 2.29. The van der Waals surface area contributed by atoms with Crippen LogP contribution in [0.25, 0.3) is 0 Å². The Bertz CT molecular complexity index is 325. The highest BCUT2D eigenvalue weighted by Crippen LogP contribution is 2.25. The molecular formula is C9H12N2O. The molecule has 3 heteroatoms. The minimum absolute atomic E-state index is 0.147. The summed E-state index contributed by atoms with van der Waals surface area (Å²) in [6.45, 7) is 7.73. The lowest BCUT2D eigenvalue weighted by Gasteiger charge is -2.13. The van der Waals surface area contributed by atoms with Gasteiger partial charge in [0.25, 0.3) is 0 Å². The molecule has 12 heavy (non-hydrogen) atoms. The highest BCUT2D eigenvalue weighted by molar-refractivity contribution is 5.29. The van der Waals surface area contributed by atoms with Crippen LogP contribution in [0.2, 0.25) is 0 Å².